The molecule has 1 aromatic carbocycles. The van der Waals surface area contributed by atoms with Crippen LogP contribution in [-0.2, 0) is 6.42 Å². The fourth-order valence-electron chi connectivity index (χ4n) is 2.69. The van der Waals surface area contributed by atoms with Gasteiger partial charge in [-0.1, -0.05) is 23.4 Å². The molecule has 27 heavy (non-hydrogen) atoms. The molecule has 2 aromatic heterocycles. The van der Waals surface area contributed by atoms with Crippen LogP contribution >= 0.6 is 24.8 Å². The molecule has 144 valence electrons. The maximum Gasteiger partial charge on any atom is 0.150 e. The van der Waals surface area contributed by atoms with Gasteiger partial charge in [0, 0.05) is 29.5 Å². The number of rotatable bonds is 7. The molecule has 8 heteroatoms. The van der Waals surface area contributed by atoms with Crippen molar-refractivity contribution in [2.45, 2.75) is 19.3 Å². The summed E-state index contributed by atoms with van der Waals surface area (Å²) < 4.78 is 13.4. The van der Waals surface area contributed by atoms with Gasteiger partial charge in [0.1, 0.15) is 5.69 Å². The van der Waals surface area contributed by atoms with Crippen LogP contribution in [0.2, 0.25) is 0 Å². The van der Waals surface area contributed by atoms with Gasteiger partial charge in [-0.2, -0.15) is 0 Å². The third-order valence-corrected chi connectivity index (χ3v) is 3.94. The molecule has 0 fully saturated rings. The first kappa shape index (κ1) is 22.6. The van der Waals surface area contributed by atoms with Gasteiger partial charge in [-0.15, -0.1) is 24.8 Å². The Labute approximate surface area is 169 Å². The Bertz CT molecular complexity index is 887. The Morgan fingerprint density at radius 2 is 1.89 bits per heavy atom. The highest BCUT2D eigenvalue weighted by atomic mass is 35.5. The zero-order valence-corrected chi connectivity index (χ0v) is 16.1. The SMILES string of the molecule is Cl.Cl.O/N=C\c1nc(CCCCNc2ccnc3ccccc23)ccc1F. The van der Waals surface area contributed by atoms with Crippen molar-refractivity contribution in [2.75, 3.05) is 11.9 Å². The summed E-state index contributed by atoms with van der Waals surface area (Å²) in [5.74, 6) is -0.493. The number of nitrogens with one attached hydrogen (secondary N) is 1. The number of pyridine rings is 2. The molecule has 0 aliphatic heterocycles. The topological polar surface area (TPSA) is 70.4 Å². The van der Waals surface area contributed by atoms with E-state index in [4.69, 9.17) is 5.21 Å². The van der Waals surface area contributed by atoms with Gasteiger partial charge < -0.3 is 10.5 Å². The van der Waals surface area contributed by atoms with E-state index in [-0.39, 0.29) is 30.5 Å². The third-order valence-electron chi connectivity index (χ3n) is 3.94. The molecule has 3 rings (SSSR count). The van der Waals surface area contributed by atoms with Crippen LogP contribution in [0.1, 0.15) is 24.2 Å². The van der Waals surface area contributed by atoms with Gasteiger partial charge in [-0.05, 0) is 43.5 Å². The molecule has 2 heterocycles. The maximum absolute atomic E-state index is 13.4. The lowest BCUT2D eigenvalue weighted by Gasteiger charge is -2.09. The van der Waals surface area contributed by atoms with Gasteiger partial charge in [0.05, 0.1) is 11.7 Å². The lowest BCUT2D eigenvalue weighted by molar-refractivity contribution is 0.321. The molecule has 0 bridgehead atoms. The summed E-state index contributed by atoms with van der Waals surface area (Å²) in [4.78, 5) is 8.49. The number of fused-ring (bicyclic) bond motifs is 1. The smallest absolute Gasteiger partial charge is 0.150 e. The molecule has 0 aliphatic rings. The zero-order valence-electron chi connectivity index (χ0n) is 14.5. The molecule has 3 aromatic rings. The summed E-state index contributed by atoms with van der Waals surface area (Å²) in [5.41, 5.74) is 2.89. The summed E-state index contributed by atoms with van der Waals surface area (Å²) >= 11 is 0. The number of aryl methyl sites for hydroxylation is 1. The number of unbranched alkanes of at least 4 members (excludes halogenated alkanes) is 1. The van der Waals surface area contributed by atoms with E-state index in [1.165, 1.54) is 6.07 Å². The minimum Gasteiger partial charge on any atom is -0.411 e. The summed E-state index contributed by atoms with van der Waals surface area (Å²) in [6.45, 7) is 0.833. The number of hydrogen-bond donors (Lipinski definition) is 2. The molecule has 5 nitrogen and oxygen atoms in total. The van der Waals surface area contributed by atoms with Crippen LogP contribution < -0.4 is 5.32 Å². The second-order valence-corrected chi connectivity index (χ2v) is 5.67. The number of nitrogens with zero attached hydrogens (tertiary/aromatic N) is 3. The van der Waals surface area contributed by atoms with Crippen molar-refractivity contribution in [3.8, 4) is 0 Å². The number of halogens is 3. The van der Waals surface area contributed by atoms with Gasteiger partial charge >= 0.3 is 0 Å². The Kier molecular flexibility index (Phi) is 9.47. The van der Waals surface area contributed by atoms with E-state index >= 15 is 0 Å². The van der Waals surface area contributed by atoms with Crippen LogP contribution in [0.3, 0.4) is 0 Å². The van der Waals surface area contributed by atoms with E-state index in [0.29, 0.717) is 0 Å². The predicted molar refractivity (Wildman–Crippen MR) is 111 cm³/mol. The molecule has 0 amide bonds. The number of oxime groups is 1. The molecule has 0 aliphatic carbocycles. The maximum atomic E-state index is 13.4. The molecule has 0 saturated carbocycles. The molecule has 2 N–H and O–H groups in total. The fraction of sp³-hybridized carbons (Fsp3) is 0.211. The highest BCUT2D eigenvalue weighted by Gasteiger charge is 2.04. The number of anilines is 1. The highest BCUT2D eigenvalue weighted by molar-refractivity contribution is 5.90. The van der Waals surface area contributed by atoms with Crippen molar-refractivity contribution < 1.29 is 9.60 Å². The zero-order chi connectivity index (χ0) is 17.5. The second kappa shape index (κ2) is 11.3. The van der Waals surface area contributed by atoms with Crippen molar-refractivity contribution in [1.29, 1.82) is 0 Å². The lowest BCUT2D eigenvalue weighted by atomic mass is 10.1. The Morgan fingerprint density at radius 3 is 2.70 bits per heavy atom. The van der Waals surface area contributed by atoms with Crippen LogP contribution in [0.5, 0.6) is 0 Å². The average molecular weight is 411 g/mol. The van der Waals surface area contributed by atoms with Gasteiger partial charge in [0.2, 0.25) is 0 Å². The summed E-state index contributed by atoms with van der Waals surface area (Å²) in [6, 6.07) is 13.0. The summed E-state index contributed by atoms with van der Waals surface area (Å²) in [6.07, 6.45) is 5.43. The molecule has 0 saturated heterocycles. The summed E-state index contributed by atoms with van der Waals surface area (Å²) in [5, 5.41) is 15.9. The predicted octanol–water partition coefficient (Wildman–Crippen LogP) is 4.86. The lowest BCUT2D eigenvalue weighted by Crippen LogP contribution is -2.04. The van der Waals surface area contributed by atoms with E-state index in [2.05, 4.69) is 26.5 Å². The summed E-state index contributed by atoms with van der Waals surface area (Å²) in [7, 11) is 0. The first-order valence-corrected chi connectivity index (χ1v) is 8.18. The molecule has 0 atom stereocenters. The standard InChI is InChI=1S/C19H19FN4O.2ClH/c20-16-9-8-14(24-19(16)13-23-25)5-3-4-11-21-18-10-12-22-17-7-2-1-6-15(17)18;;/h1-2,6-10,12-13,25H,3-5,11H2,(H,21,22);2*1H/b23-13-;;. The van der Waals surface area contributed by atoms with Crippen LogP contribution in [0.25, 0.3) is 10.9 Å². The Hall–Kier alpha value is -2.44. The van der Waals surface area contributed by atoms with E-state index in [9.17, 15) is 4.39 Å². The largest absolute Gasteiger partial charge is 0.411 e. The fourth-order valence-corrected chi connectivity index (χ4v) is 2.69. The van der Waals surface area contributed by atoms with Crippen LogP contribution in [0.4, 0.5) is 10.1 Å². The monoisotopic (exact) mass is 410 g/mol. The third kappa shape index (κ3) is 6.05. The minimum absolute atomic E-state index is 0. The van der Waals surface area contributed by atoms with Gasteiger partial charge in [-0.3, -0.25) is 4.98 Å². The van der Waals surface area contributed by atoms with E-state index in [1.807, 2.05) is 24.3 Å². The first-order chi connectivity index (χ1) is 12.3. The van der Waals surface area contributed by atoms with Crippen molar-refractivity contribution in [1.82, 2.24) is 9.97 Å². The first-order valence-electron chi connectivity index (χ1n) is 8.18. The van der Waals surface area contributed by atoms with Gasteiger partial charge in [0.15, 0.2) is 5.82 Å². The number of aromatic nitrogens is 2. The Morgan fingerprint density at radius 1 is 1.07 bits per heavy atom. The van der Waals surface area contributed by atoms with E-state index < -0.39 is 5.82 Å². The number of hydrogen-bond acceptors (Lipinski definition) is 5. The number of para-hydroxylation sites is 1. The second-order valence-electron chi connectivity index (χ2n) is 5.67. The van der Waals surface area contributed by atoms with Crippen molar-refractivity contribution in [2.24, 2.45) is 5.16 Å². The normalized spacial score (nSPS) is 10.4. The van der Waals surface area contributed by atoms with Crippen LogP contribution in [0, 0.1) is 5.82 Å². The molecule has 0 unspecified atom stereocenters. The number of benzene rings is 1. The molecule has 0 radical (unpaired) electrons. The van der Waals surface area contributed by atoms with Gasteiger partial charge in [0.25, 0.3) is 0 Å². The quantitative estimate of drug-likeness (QED) is 0.252. The molecular weight excluding hydrogens is 390 g/mol. The van der Waals surface area contributed by atoms with E-state index in [0.717, 1.165) is 54.3 Å². The average Bonchev–Trinajstić information content (AvgIpc) is 2.64. The molecular formula is C19H21Cl2FN4O. The van der Waals surface area contributed by atoms with Crippen molar-refractivity contribution in [3.05, 3.63) is 65.9 Å². The minimum atomic E-state index is -0.493. The molecule has 0 spiro atoms. The van der Waals surface area contributed by atoms with Gasteiger partial charge in [-0.25, -0.2) is 9.37 Å². The van der Waals surface area contributed by atoms with Crippen LogP contribution in [0.15, 0.2) is 53.8 Å². The van der Waals surface area contributed by atoms with Crippen molar-refractivity contribution >= 4 is 47.6 Å². The van der Waals surface area contributed by atoms with Crippen molar-refractivity contribution in [3.63, 3.8) is 0 Å². The Balaban J connectivity index is 0.00000182. The van der Waals surface area contributed by atoms with Crippen LogP contribution in [-0.4, -0.2) is 27.9 Å². The van der Waals surface area contributed by atoms with E-state index in [1.54, 1.807) is 12.3 Å². The highest BCUT2D eigenvalue weighted by Crippen LogP contribution is 2.20.